The zero-order chi connectivity index (χ0) is 26.5. The first-order valence-corrected chi connectivity index (χ1v) is 13.4. The summed E-state index contributed by atoms with van der Waals surface area (Å²) >= 11 is 1.58. The van der Waals surface area contributed by atoms with Crippen LogP contribution in [0.15, 0.2) is 60.9 Å². The molecule has 2 aromatic carbocycles. The summed E-state index contributed by atoms with van der Waals surface area (Å²) in [5.41, 5.74) is 5.28. The molecular formula is C29H30N6O2S. The molecule has 1 amide bonds. The van der Waals surface area contributed by atoms with Crippen molar-refractivity contribution in [2.24, 2.45) is 0 Å². The van der Waals surface area contributed by atoms with Crippen molar-refractivity contribution in [2.75, 3.05) is 32.6 Å². The molecule has 2 aromatic heterocycles. The van der Waals surface area contributed by atoms with Gasteiger partial charge in [-0.15, -0.1) is 11.3 Å². The van der Waals surface area contributed by atoms with E-state index in [4.69, 9.17) is 15.0 Å². The van der Waals surface area contributed by atoms with E-state index in [9.17, 15) is 4.79 Å². The lowest BCUT2D eigenvalue weighted by molar-refractivity contribution is 0.102. The Bertz CT molecular complexity index is 1450. The molecule has 8 nitrogen and oxygen atoms in total. The number of anilines is 1. The first-order chi connectivity index (χ1) is 18.5. The fourth-order valence-corrected chi connectivity index (χ4v) is 5.78. The molecule has 0 aliphatic heterocycles. The normalized spacial score (nSPS) is 14.7. The lowest BCUT2D eigenvalue weighted by Gasteiger charge is -2.30. The fraction of sp³-hybridized carbons (Fsp3) is 0.310. The molecule has 0 spiro atoms. The van der Waals surface area contributed by atoms with Gasteiger partial charge in [0.1, 0.15) is 0 Å². The van der Waals surface area contributed by atoms with Gasteiger partial charge < -0.3 is 9.64 Å². The smallest absolute Gasteiger partial charge is 0.257 e. The summed E-state index contributed by atoms with van der Waals surface area (Å²) in [4.78, 5) is 21.4. The molecule has 1 aliphatic carbocycles. The van der Waals surface area contributed by atoms with Gasteiger partial charge in [-0.1, -0.05) is 24.3 Å². The quantitative estimate of drug-likeness (QED) is 0.342. The van der Waals surface area contributed by atoms with Crippen LogP contribution in [0, 0.1) is 11.3 Å². The van der Waals surface area contributed by atoms with Gasteiger partial charge in [-0.2, -0.15) is 10.4 Å². The highest BCUT2D eigenvalue weighted by atomic mass is 32.1. The number of likely N-dealkylation sites (N-methyl/N-ethyl adjacent to an activating group) is 1. The average molecular weight is 527 g/mol. The zero-order valence-electron chi connectivity index (χ0n) is 21.6. The van der Waals surface area contributed by atoms with Crippen LogP contribution in [0.5, 0.6) is 0 Å². The molecule has 194 valence electrons. The molecule has 1 atom stereocenters. The number of carbonyl (C=O) groups is 1. The molecule has 0 radical (unpaired) electrons. The van der Waals surface area contributed by atoms with Crippen LogP contribution >= 0.6 is 11.3 Å². The number of nitrogens with one attached hydrogen (secondary N) is 1. The number of carbonyl (C=O) groups excluding carboxylic acids is 1. The second kappa shape index (κ2) is 11.7. The van der Waals surface area contributed by atoms with Crippen LogP contribution in [0.1, 0.15) is 38.5 Å². The summed E-state index contributed by atoms with van der Waals surface area (Å²) in [5, 5.41) is 17.1. The van der Waals surface area contributed by atoms with E-state index in [2.05, 4.69) is 28.4 Å². The Labute approximate surface area is 226 Å². The van der Waals surface area contributed by atoms with Gasteiger partial charge in [0.2, 0.25) is 0 Å². The van der Waals surface area contributed by atoms with Crippen molar-refractivity contribution >= 4 is 22.4 Å². The fourth-order valence-electron chi connectivity index (χ4n) is 4.71. The van der Waals surface area contributed by atoms with Gasteiger partial charge in [0, 0.05) is 41.9 Å². The number of amides is 1. The van der Waals surface area contributed by atoms with E-state index in [-0.39, 0.29) is 5.91 Å². The molecule has 4 aromatic rings. The minimum Gasteiger partial charge on any atom is -0.383 e. The van der Waals surface area contributed by atoms with E-state index in [1.165, 1.54) is 4.88 Å². The Kier molecular flexibility index (Phi) is 7.94. The van der Waals surface area contributed by atoms with Crippen molar-refractivity contribution in [3.8, 4) is 17.2 Å². The predicted molar refractivity (Wildman–Crippen MR) is 148 cm³/mol. The summed E-state index contributed by atoms with van der Waals surface area (Å²) in [6, 6.07) is 17.6. The Morgan fingerprint density at radius 1 is 1.26 bits per heavy atom. The molecule has 0 fully saturated rings. The Hall–Kier alpha value is -3.84. The third-order valence-corrected chi connectivity index (χ3v) is 7.96. The van der Waals surface area contributed by atoms with Crippen molar-refractivity contribution in [1.82, 2.24) is 19.7 Å². The first kappa shape index (κ1) is 25.8. The molecule has 0 saturated carbocycles. The van der Waals surface area contributed by atoms with Gasteiger partial charge in [0.05, 0.1) is 36.7 Å². The number of benzene rings is 2. The molecule has 9 heteroatoms. The highest BCUT2D eigenvalue weighted by Crippen LogP contribution is 2.31. The van der Waals surface area contributed by atoms with E-state index in [1.807, 2.05) is 53.5 Å². The Morgan fingerprint density at radius 3 is 2.89 bits per heavy atom. The van der Waals surface area contributed by atoms with Crippen LogP contribution in [-0.2, 0) is 24.1 Å². The number of rotatable bonds is 9. The predicted octanol–water partition coefficient (Wildman–Crippen LogP) is 4.61. The van der Waals surface area contributed by atoms with Gasteiger partial charge in [-0.3, -0.25) is 14.8 Å². The number of aromatic nitrogens is 3. The largest absolute Gasteiger partial charge is 0.383 e. The number of ether oxygens (including phenoxy) is 1. The highest BCUT2D eigenvalue weighted by Gasteiger charge is 2.25. The SMILES string of the molecule is COCCN(C)[C@@H]1CCc2nc(NC(=O)c3cccc(Cn4cc(-c5ccc(C#N)cc5)cn4)c3)sc2C1. The Morgan fingerprint density at radius 2 is 2.11 bits per heavy atom. The molecule has 1 aliphatic rings. The summed E-state index contributed by atoms with van der Waals surface area (Å²) in [5.74, 6) is -0.162. The van der Waals surface area contributed by atoms with Crippen LogP contribution in [0.25, 0.3) is 11.1 Å². The maximum Gasteiger partial charge on any atom is 0.257 e. The second-order valence-corrected chi connectivity index (χ2v) is 10.6. The summed E-state index contributed by atoms with van der Waals surface area (Å²) in [6.07, 6.45) is 6.71. The standard InChI is InChI=1S/C29H30N6O2S/c1-34(12-13-37-2)25-10-11-26-27(15-25)38-29(32-26)33-28(36)23-5-3-4-21(14-23)18-35-19-24(17-31-35)22-8-6-20(16-30)7-9-22/h3-9,14,17,19,25H,10-13,15,18H2,1-2H3,(H,32,33,36)/t25-/m1/s1. The third-order valence-electron chi connectivity index (χ3n) is 6.92. The minimum atomic E-state index is -0.162. The van der Waals surface area contributed by atoms with Gasteiger partial charge >= 0.3 is 0 Å². The minimum absolute atomic E-state index is 0.162. The van der Waals surface area contributed by atoms with Crippen LogP contribution in [0.4, 0.5) is 5.13 Å². The average Bonchev–Trinajstić information content (AvgIpc) is 3.58. The number of nitrogens with zero attached hydrogens (tertiary/aromatic N) is 5. The van der Waals surface area contributed by atoms with Crippen LogP contribution in [-0.4, -0.2) is 58.9 Å². The third kappa shape index (κ3) is 6.00. The summed E-state index contributed by atoms with van der Waals surface area (Å²) in [7, 11) is 3.87. The van der Waals surface area contributed by atoms with Crippen molar-refractivity contribution in [3.63, 3.8) is 0 Å². The van der Waals surface area contributed by atoms with Gasteiger partial charge in [-0.05, 0) is 61.7 Å². The summed E-state index contributed by atoms with van der Waals surface area (Å²) in [6.45, 7) is 2.17. The molecular weight excluding hydrogens is 496 g/mol. The van der Waals surface area contributed by atoms with Crippen LogP contribution < -0.4 is 5.32 Å². The molecule has 5 rings (SSSR count). The molecule has 2 heterocycles. The van der Waals surface area contributed by atoms with Gasteiger partial charge in [-0.25, -0.2) is 4.98 Å². The lowest BCUT2D eigenvalue weighted by Crippen LogP contribution is -2.38. The van der Waals surface area contributed by atoms with E-state index >= 15 is 0 Å². The van der Waals surface area contributed by atoms with Gasteiger partial charge in [0.25, 0.3) is 5.91 Å². The van der Waals surface area contributed by atoms with E-state index in [0.717, 1.165) is 54.8 Å². The molecule has 0 bridgehead atoms. The van der Waals surface area contributed by atoms with Crippen molar-refractivity contribution in [2.45, 2.75) is 31.8 Å². The van der Waals surface area contributed by atoms with Crippen LogP contribution in [0.3, 0.4) is 0 Å². The van der Waals surface area contributed by atoms with Crippen molar-refractivity contribution in [1.29, 1.82) is 5.26 Å². The second-order valence-electron chi connectivity index (χ2n) is 9.53. The van der Waals surface area contributed by atoms with Crippen LogP contribution in [0.2, 0.25) is 0 Å². The number of aryl methyl sites for hydroxylation is 1. The monoisotopic (exact) mass is 526 g/mol. The summed E-state index contributed by atoms with van der Waals surface area (Å²) < 4.78 is 7.06. The molecule has 1 N–H and O–H groups in total. The highest BCUT2D eigenvalue weighted by molar-refractivity contribution is 7.15. The molecule has 38 heavy (non-hydrogen) atoms. The number of nitriles is 1. The molecule has 0 unspecified atom stereocenters. The maximum atomic E-state index is 13.1. The Balaban J connectivity index is 1.22. The van der Waals surface area contributed by atoms with E-state index < -0.39 is 0 Å². The number of fused-ring (bicyclic) bond motifs is 1. The number of thiazole rings is 1. The first-order valence-electron chi connectivity index (χ1n) is 12.6. The maximum absolute atomic E-state index is 13.1. The van der Waals surface area contributed by atoms with E-state index in [0.29, 0.717) is 28.8 Å². The van der Waals surface area contributed by atoms with Crippen molar-refractivity contribution in [3.05, 3.63) is 88.2 Å². The molecule has 0 saturated heterocycles. The topological polar surface area (TPSA) is 96.1 Å². The number of methoxy groups -OCH3 is 1. The lowest BCUT2D eigenvalue weighted by atomic mass is 9.96. The number of hydrogen-bond acceptors (Lipinski definition) is 7. The van der Waals surface area contributed by atoms with Crippen molar-refractivity contribution < 1.29 is 9.53 Å². The number of hydrogen-bond donors (Lipinski definition) is 1. The van der Waals surface area contributed by atoms with E-state index in [1.54, 1.807) is 30.6 Å². The van der Waals surface area contributed by atoms with Gasteiger partial charge in [0.15, 0.2) is 5.13 Å². The zero-order valence-corrected chi connectivity index (χ0v) is 22.4.